The Kier molecular flexibility index (Phi) is 9.64. The van der Waals surface area contributed by atoms with Crippen LogP contribution in [0.4, 0.5) is 0 Å². The van der Waals surface area contributed by atoms with E-state index in [1.54, 1.807) is 0 Å². The number of nitrogens with one attached hydrogen (secondary N) is 1. The van der Waals surface area contributed by atoms with Gasteiger partial charge in [-0.2, -0.15) is 0 Å². The number of amides is 1. The maximum Gasteiger partial charge on any atom is 0.306 e. The molecular formula is C22H38N4O3. The number of imidazole rings is 1. The first kappa shape index (κ1) is 23.4. The molecule has 1 saturated carbocycles. The summed E-state index contributed by atoms with van der Waals surface area (Å²) in [7, 11) is 0. The molecule has 2 atom stereocenters. The van der Waals surface area contributed by atoms with Crippen molar-refractivity contribution in [3.8, 4) is 0 Å². The zero-order valence-electron chi connectivity index (χ0n) is 18.0. The van der Waals surface area contributed by atoms with Gasteiger partial charge in [0.15, 0.2) is 0 Å². The average molecular weight is 407 g/mol. The number of carboxylic acids is 1. The number of carbonyl (C=O) groups is 2. The van der Waals surface area contributed by atoms with E-state index in [2.05, 4.69) is 28.7 Å². The summed E-state index contributed by atoms with van der Waals surface area (Å²) in [6.07, 6.45) is 12.9. The number of nitrogens with zero attached hydrogens (tertiary/aromatic N) is 2. The fraction of sp³-hybridized carbons (Fsp3) is 0.773. The minimum Gasteiger partial charge on any atom is -0.481 e. The molecule has 1 aromatic rings. The van der Waals surface area contributed by atoms with E-state index < -0.39 is 17.9 Å². The highest BCUT2D eigenvalue weighted by molar-refractivity contribution is 5.81. The number of aromatic nitrogens is 2. The molecule has 0 bridgehead atoms. The second-order valence-electron chi connectivity index (χ2n) is 8.65. The van der Waals surface area contributed by atoms with Gasteiger partial charge < -0.3 is 20.7 Å². The maximum atomic E-state index is 11.9. The summed E-state index contributed by atoms with van der Waals surface area (Å²) in [5.41, 5.74) is 6.69. The number of rotatable bonds is 12. The highest BCUT2D eigenvalue weighted by atomic mass is 16.4. The highest BCUT2D eigenvalue weighted by Crippen LogP contribution is 2.31. The van der Waals surface area contributed by atoms with Gasteiger partial charge in [-0.3, -0.25) is 9.59 Å². The zero-order valence-corrected chi connectivity index (χ0v) is 18.0. The predicted octanol–water partition coefficient (Wildman–Crippen LogP) is 3.29. The molecule has 7 heteroatoms. The number of unbranched alkanes of at least 4 members (excludes halogenated alkanes) is 1. The molecule has 7 nitrogen and oxygen atoms in total. The van der Waals surface area contributed by atoms with Crippen LogP contribution < -0.4 is 11.1 Å². The summed E-state index contributed by atoms with van der Waals surface area (Å²) in [4.78, 5) is 28.0. The Bertz CT molecular complexity index is 638. The van der Waals surface area contributed by atoms with Gasteiger partial charge in [0.05, 0.1) is 24.0 Å². The van der Waals surface area contributed by atoms with Crippen LogP contribution >= 0.6 is 0 Å². The van der Waals surface area contributed by atoms with Crippen LogP contribution in [-0.4, -0.2) is 39.1 Å². The van der Waals surface area contributed by atoms with E-state index in [1.807, 2.05) is 12.5 Å². The normalized spacial score (nSPS) is 21.5. The predicted molar refractivity (Wildman–Crippen MR) is 113 cm³/mol. The van der Waals surface area contributed by atoms with E-state index >= 15 is 0 Å². The van der Waals surface area contributed by atoms with E-state index in [0.29, 0.717) is 38.3 Å². The fourth-order valence-electron chi connectivity index (χ4n) is 4.04. The molecule has 2 rings (SSSR count). The van der Waals surface area contributed by atoms with Crippen molar-refractivity contribution >= 4 is 11.9 Å². The topological polar surface area (TPSA) is 110 Å². The molecule has 1 aliphatic carbocycles. The summed E-state index contributed by atoms with van der Waals surface area (Å²) in [5, 5.41) is 12.4. The van der Waals surface area contributed by atoms with E-state index in [4.69, 9.17) is 5.73 Å². The van der Waals surface area contributed by atoms with Gasteiger partial charge >= 0.3 is 5.97 Å². The third-order valence-electron chi connectivity index (χ3n) is 6.10. The Morgan fingerprint density at radius 3 is 2.66 bits per heavy atom. The number of carboxylic acid groups (broad SMARTS) is 1. The quantitative estimate of drug-likeness (QED) is 0.461. The molecule has 0 spiro atoms. The van der Waals surface area contributed by atoms with Gasteiger partial charge in [-0.15, -0.1) is 0 Å². The van der Waals surface area contributed by atoms with Crippen LogP contribution in [0.1, 0.15) is 83.4 Å². The summed E-state index contributed by atoms with van der Waals surface area (Å²) >= 11 is 0. The second-order valence-corrected chi connectivity index (χ2v) is 8.65. The zero-order chi connectivity index (χ0) is 21.2. The average Bonchev–Trinajstić information content (AvgIpc) is 3.17. The first-order valence-corrected chi connectivity index (χ1v) is 11.2. The van der Waals surface area contributed by atoms with Crippen molar-refractivity contribution in [2.24, 2.45) is 17.6 Å². The van der Waals surface area contributed by atoms with Gasteiger partial charge in [0.25, 0.3) is 0 Å². The summed E-state index contributed by atoms with van der Waals surface area (Å²) in [6, 6.07) is 0.0137. The molecule has 0 radical (unpaired) electrons. The van der Waals surface area contributed by atoms with Crippen molar-refractivity contribution in [1.82, 2.24) is 14.9 Å². The second kappa shape index (κ2) is 12.0. The molecule has 4 N–H and O–H groups in total. The minimum absolute atomic E-state index is 0.147. The molecule has 1 heterocycles. The van der Waals surface area contributed by atoms with E-state index in [9.17, 15) is 14.7 Å². The van der Waals surface area contributed by atoms with Crippen molar-refractivity contribution in [1.29, 1.82) is 0 Å². The lowest BCUT2D eigenvalue weighted by atomic mass is 9.87. The Balaban J connectivity index is 1.76. The molecule has 1 amide bonds. The molecule has 0 aromatic carbocycles. The molecule has 29 heavy (non-hydrogen) atoms. The van der Waals surface area contributed by atoms with Gasteiger partial charge in [0.1, 0.15) is 0 Å². The standard InChI is InChI=1S/C22H38N4O3/c1-3-4-7-20(23)21(27)24-12-5-6-17(22(28)29)13-18-14-26(15-25-18)19-10-8-16(2)9-11-19/h14-17,19-20H,3-13,23H2,1-2H3,(H,24,27)(H,28,29). The van der Waals surface area contributed by atoms with Gasteiger partial charge in [-0.1, -0.05) is 26.7 Å². The smallest absolute Gasteiger partial charge is 0.306 e. The summed E-state index contributed by atoms with van der Waals surface area (Å²) in [6.45, 7) is 4.82. The Hall–Kier alpha value is -1.89. The number of hydrogen-bond donors (Lipinski definition) is 3. The van der Waals surface area contributed by atoms with Crippen LogP contribution in [0.3, 0.4) is 0 Å². The molecule has 0 saturated heterocycles. The van der Waals surface area contributed by atoms with Crippen LogP contribution in [0.5, 0.6) is 0 Å². The van der Waals surface area contributed by atoms with Gasteiger partial charge in [0.2, 0.25) is 5.91 Å². The van der Waals surface area contributed by atoms with Gasteiger partial charge in [-0.25, -0.2) is 4.98 Å². The number of nitrogens with two attached hydrogens (primary N) is 1. The largest absolute Gasteiger partial charge is 0.481 e. The monoisotopic (exact) mass is 406 g/mol. The first-order chi connectivity index (χ1) is 13.9. The summed E-state index contributed by atoms with van der Waals surface area (Å²) in [5.74, 6) is -0.648. The molecule has 1 fully saturated rings. The van der Waals surface area contributed by atoms with Crippen LogP contribution in [0.15, 0.2) is 12.5 Å². The summed E-state index contributed by atoms with van der Waals surface area (Å²) < 4.78 is 2.16. The van der Waals surface area contributed by atoms with Gasteiger partial charge in [0, 0.05) is 25.2 Å². The van der Waals surface area contributed by atoms with Crippen molar-refractivity contribution in [2.75, 3.05) is 6.54 Å². The van der Waals surface area contributed by atoms with Crippen LogP contribution in [0, 0.1) is 11.8 Å². The van der Waals surface area contributed by atoms with Crippen molar-refractivity contribution < 1.29 is 14.7 Å². The van der Waals surface area contributed by atoms with E-state index in [-0.39, 0.29) is 5.91 Å². The van der Waals surface area contributed by atoms with Gasteiger partial charge in [-0.05, 0) is 50.9 Å². The fourth-order valence-corrected chi connectivity index (χ4v) is 4.04. The van der Waals surface area contributed by atoms with Crippen LogP contribution in [0.25, 0.3) is 0 Å². The van der Waals surface area contributed by atoms with Crippen LogP contribution in [-0.2, 0) is 16.0 Å². The molecule has 1 aliphatic rings. The maximum absolute atomic E-state index is 11.9. The molecule has 1 aromatic heterocycles. The van der Waals surface area contributed by atoms with E-state index in [0.717, 1.165) is 24.5 Å². The lowest BCUT2D eigenvalue weighted by Gasteiger charge is -2.26. The SMILES string of the molecule is CCCCC(N)C(=O)NCCCC(Cc1cn(C2CCC(C)CC2)cn1)C(=O)O. The van der Waals surface area contributed by atoms with E-state index in [1.165, 1.54) is 25.7 Å². The number of aliphatic carboxylic acids is 1. The highest BCUT2D eigenvalue weighted by Gasteiger charge is 2.22. The Labute approximate surface area is 174 Å². The lowest BCUT2D eigenvalue weighted by molar-refractivity contribution is -0.142. The molecule has 164 valence electrons. The third-order valence-corrected chi connectivity index (χ3v) is 6.10. The number of hydrogen-bond acceptors (Lipinski definition) is 4. The third kappa shape index (κ3) is 7.80. The lowest BCUT2D eigenvalue weighted by Crippen LogP contribution is -2.41. The Morgan fingerprint density at radius 1 is 1.28 bits per heavy atom. The Morgan fingerprint density at radius 2 is 2.00 bits per heavy atom. The minimum atomic E-state index is -0.808. The van der Waals surface area contributed by atoms with Crippen molar-refractivity contribution in [3.05, 3.63) is 18.2 Å². The van der Waals surface area contributed by atoms with Crippen molar-refractivity contribution in [3.63, 3.8) is 0 Å². The molecular weight excluding hydrogens is 368 g/mol. The van der Waals surface area contributed by atoms with Crippen molar-refractivity contribution in [2.45, 2.75) is 90.1 Å². The molecule has 0 aliphatic heterocycles. The van der Waals surface area contributed by atoms with Crippen LogP contribution in [0.2, 0.25) is 0 Å². The first-order valence-electron chi connectivity index (χ1n) is 11.2. The number of carbonyl (C=O) groups excluding carboxylic acids is 1. The molecule has 2 unspecified atom stereocenters.